The number of halogens is 5. The van der Waals surface area contributed by atoms with E-state index in [0.29, 0.717) is 18.5 Å². The van der Waals surface area contributed by atoms with Crippen molar-refractivity contribution in [3.63, 3.8) is 0 Å². The minimum Gasteiger partial charge on any atom is -0.293 e. The normalized spacial score (nSPS) is 18.5. The number of piperidine rings is 1. The molecule has 0 unspecified atom stereocenters. The second kappa shape index (κ2) is 8.02. The van der Waals surface area contributed by atoms with Gasteiger partial charge in [0.05, 0.1) is 12.1 Å². The number of rotatable bonds is 2. The van der Waals surface area contributed by atoms with E-state index in [1.165, 1.54) is 11.0 Å². The minimum atomic E-state index is -4.49. The Morgan fingerprint density at radius 2 is 1.68 bits per heavy atom. The largest absolute Gasteiger partial charge is 0.416 e. The Hall–Kier alpha value is -1.17. The van der Waals surface area contributed by atoms with Crippen molar-refractivity contribution in [1.82, 2.24) is 4.90 Å². The lowest BCUT2D eigenvalue weighted by molar-refractivity contribution is -0.138. The maximum absolute atomic E-state index is 13.4. The zero-order chi connectivity index (χ0) is 19.5. The van der Waals surface area contributed by atoms with Gasteiger partial charge in [0, 0.05) is 13.0 Å². The lowest BCUT2D eigenvalue weighted by Gasteiger charge is -2.33. The third-order valence-corrected chi connectivity index (χ3v) is 4.15. The van der Waals surface area contributed by atoms with E-state index >= 15 is 0 Å². The first kappa shape index (κ1) is 21.9. The van der Waals surface area contributed by atoms with Crippen LogP contribution in [0.4, 0.5) is 22.0 Å². The van der Waals surface area contributed by atoms with E-state index in [1.807, 2.05) is 34.6 Å². The fraction of sp³-hybridized carbons (Fsp3) is 0.684. The van der Waals surface area contributed by atoms with Crippen molar-refractivity contribution < 1.29 is 22.0 Å². The monoisotopic (exact) mass is 365 g/mol. The van der Waals surface area contributed by atoms with Crippen LogP contribution in [-0.2, 0) is 18.1 Å². The van der Waals surface area contributed by atoms with Gasteiger partial charge in [-0.3, -0.25) is 4.90 Å². The molecule has 6 heteroatoms. The highest BCUT2D eigenvalue weighted by Crippen LogP contribution is 2.36. The predicted octanol–water partition coefficient (Wildman–Crippen LogP) is 6.26. The van der Waals surface area contributed by atoms with E-state index < -0.39 is 29.6 Å². The molecular formula is C19H28F5N. The molecule has 0 spiro atoms. The predicted molar refractivity (Wildman–Crippen MR) is 91.0 cm³/mol. The second-order valence-corrected chi connectivity index (χ2v) is 7.29. The quantitative estimate of drug-likeness (QED) is 0.559. The molecule has 0 N–H and O–H groups in total. The maximum Gasteiger partial charge on any atom is 0.416 e. The molecule has 0 radical (unpaired) electrons. The van der Waals surface area contributed by atoms with Gasteiger partial charge in [0.25, 0.3) is 5.92 Å². The van der Waals surface area contributed by atoms with Crippen molar-refractivity contribution in [2.75, 3.05) is 13.1 Å². The van der Waals surface area contributed by atoms with Crippen LogP contribution in [0.25, 0.3) is 0 Å². The average Bonchev–Trinajstić information content (AvgIpc) is 2.46. The lowest BCUT2D eigenvalue weighted by Crippen LogP contribution is -2.42. The SMILES string of the molecule is CC.CC(C)(C)c1ccc(CN2CCCC(F)(F)C2)c(C(F)(F)F)c1. The fourth-order valence-corrected chi connectivity index (χ4v) is 2.87. The van der Waals surface area contributed by atoms with Crippen LogP contribution in [0.2, 0.25) is 0 Å². The summed E-state index contributed by atoms with van der Waals surface area (Å²) in [7, 11) is 0. The number of likely N-dealkylation sites (tertiary alicyclic amines) is 1. The minimum absolute atomic E-state index is 0.0585. The Morgan fingerprint density at radius 1 is 1.08 bits per heavy atom. The fourth-order valence-electron chi connectivity index (χ4n) is 2.87. The molecule has 1 aliphatic rings. The van der Waals surface area contributed by atoms with Crippen molar-refractivity contribution in [3.05, 3.63) is 34.9 Å². The Morgan fingerprint density at radius 3 is 2.16 bits per heavy atom. The summed E-state index contributed by atoms with van der Waals surface area (Å²) in [5.41, 5.74) is -0.490. The van der Waals surface area contributed by atoms with Gasteiger partial charge >= 0.3 is 6.18 Å². The van der Waals surface area contributed by atoms with E-state index in [9.17, 15) is 22.0 Å². The van der Waals surface area contributed by atoms with Crippen LogP contribution in [-0.4, -0.2) is 23.9 Å². The summed E-state index contributed by atoms with van der Waals surface area (Å²) in [6.07, 6.45) is -4.39. The molecule has 0 aliphatic carbocycles. The summed E-state index contributed by atoms with van der Waals surface area (Å²) in [5, 5.41) is 0. The third-order valence-electron chi connectivity index (χ3n) is 4.15. The van der Waals surface area contributed by atoms with Gasteiger partial charge in [0.2, 0.25) is 0 Å². The highest BCUT2D eigenvalue weighted by molar-refractivity contribution is 5.37. The van der Waals surface area contributed by atoms with E-state index in [2.05, 4.69) is 0 Å². The van der Waals surface area contributed by atoms with Gasteiger partial charge in [-0.25, -0.2) is 8.78 Å². The molecule has 0 atom stereocenters. The molecule has 1 saturated heterocycles. The van der Waals surface area contributed by atoms with Crippen LogP contribution in [0, 0.1) is 0 Å². The highest BCUT2D eigenvalue weighted by atomic mass is 19.4. The summed E-state index contributed by atoms with van der Waals surface area (Å²) < 4.78 is 67.0. The first-order valence-electron chi connectivity index (χ1n) is 8.69. The van der Waals surface area contributed by atoms with E-state index in [1.54, 1.807) is 6.07 Å². The number of hydrogen-bond donors (Lipinski definition) is 0. The van der Waals surface area contributed by atoms with Crippen LogP contribution < -0.4 is 0 Å². The Balaban J connectivity index is 0.00000151. The Kier molecular flexibility index (Phi) is 7.02. The van der Waals surface area contributed by atoms with Gasteiger partial charge in [-0.05, 0) is 35.6 Å². The first-order valence-corrected chi connectivity index (χ1v) is 8.69. The molecule has 1 heterocycles. The average molecular weight is 365 g/mol. The third kappa shape index (κ3) is 6.24. The van der Waals surface area contributed by atoms with Gasteiger partial charge in [-0.15, -0.1) is 0 Å². The molecule has 1 aliphatic heterocycles. The van der Waals surface area contributed by atoms with E-state index in [0.717, 1.165) is 6.07 Å². The van der Waals surface area contributed by atoms with Crippen LogP contribution in [0.5, 0.6) is 0 Å². The summed E-state index contributed by atoms with van der Waals surface area (Å²) in [5.74, 6) is -2.82. The summed E-state index contributed by atoms with van der Waals surface area (Å²) in [4.78, 5) is 1.41. The molecule has 1 nitrogen and oxygen atoms in total. The Labute approximate surface area is 147 Å². The van der Waals surface area contributed by atoms with Crippen LogP contribution in [0.1, 0.15) is 64.2 Å². The molecule has 0 bridgehead atoms. The molecule has 144 valence electrons. The van der Waals surface area contributed by atoms with Gasteiger partial charge < -0.3 is 0 Å². The molecule has 0 amide bonds. The van der Waals surface area contributed by atoms with Crippen LogP contribution in [0.3, 0.4) is 0 Å². The number of alkyl halides is 5. The van der Waals surface area contributed by atoms with Crippen molar-refractivity contribution in [2.24, 2.45) is 0 Å². The molecule has 25 heavy (non-hydrogen) atoms. The van der Waals surface area contributed by atoms with Gasteiger partial charge in [0.1, 0.15) is 0 Å². The summed E-state index contributed by atoms with van der Waals surface area (Å²) >= 11 is 0. The van der Waals surface area contributed by atoms with Crippen molar-refractivity contribution in [2.45, 2.75) is 71.5 Å². The molecular weight excluding hydrogens is 337 g/mol. The Bertz CT molecular complexity index is 558. The molecule has 0 aromatic heterocycles. The number of hydrogen-bond acceptors (Lipinski definition) is 1. The maximum atomic E-state index is 13.4. The van der Waals surface area contributed by atoms with Gasteiger partial charge in [0.15, 0.2) is 0 Å². The van der Waals surface area contributed by atoms with Crippen LogP contribution in [0.15, 0.2) is 18.2 Å². The van der Waals surface area contributed by atoms with Crippen LogP contribution >= 0.6 is 0 Å². The van der Waals surface area contributed by atoms with E-state index in [4.69, 9.17) is 0 Å². The highest BCUT2D eigenvalue weighted by Gasteiger charge is 2.38. The molecule has 1 aromatic carbocycles. The second-order valence-electron chi connectivity index (χ2n) is 7.29. The molecule has 2 rings (SSSR count). The van der Waals surface area contributed by atoms with Gasteiger partial charge in [-0.1, -0.05) is 46.8 Å². The first-order chi connectivity index (χ1) is 11.4. The smallest absolute Gasteiger partial charge is 0.293 e. The zero-order valence-corrected chi connectivity index (χ0v) is 15.6. The van der Waals surface area contributed by atoms with E-state index in [-0.39, 0.29) is 18.5 Å². The van der Waals surface area contributed by atoms with Crippen molar-refractivity contribution in [3.8, 4) is 0 Å². The zero-order valence-electron chi connectivity index (χ0n) is 15.6. The molecule has 1 fully saturated rings. The topological polar surface area (TPSA) is 3.24 Å². The molecule has 0 saturated carbocycles. The summed E-state index contributed by atoms with van der Waals surface area (Å²) in [6, 6.07) is 4.24. The number of nitrogens with zero attached hydrogens (tertiary/aromatic N) is 1. The molecule has 1 aromatic rings. The van der Waals surface area contributed by atoms with Gasteiger partial charge in [-0.2, -0.15) is 13.2 Å². The summed E-state index contributed by atoms with van der Waals surface area (Å²) in [6.45, 7) is 9.34. The van der Waals surface area contributed by atoms with Crippen molar-refractivity contribution in [1.29, 1.82) is 0 Å². The number of benzene rings is 1. The lowest BCUT2D eigenvalue weighted by atomic mass is 9.85. The van der Waals surface area contributed by atoms with Crippen molar-refractivity contribution >= 4 is 0 Å². The standard InChI is InChI=1S/C17H22F5N.C2H6/c1-15(2,3)13-6-5-12(14(9-13)17(20,21)22)10-23-8-4-7-16(18,19)11-23;1-2/h5-6,9H,4,7-8,10-11H2,1-3H3;1-2H3.